The summed E-state index contributed by atoms with van der Waals surface area (Å²) < 4.78 is 58.6. The number of hydrogen-bond donors (Lipinski definition) is 1. The fourth-order valence-electron chi connectivity index (χ4n) is 4.30. The molecule has 1 N–H and O–H groups in total. The number of carbonyl (C=O) groups excluding carboxylic acids is 2. The summed E-state index contributed by atoms with van der Waals surface area (Å²) in [6, 6.07) is 10.1. The number of halogens is 3. The molecule has 0 saturated heterocycles. The Hall–Kier alpha value is -3.90. The van der Waals surface area contributed by atoms with E-state index in [1.807, 2.05) is 6.20 Å². The molecule has 0 bridgehead atoms. The van der Waals surface area contributed by atoms with E-state index in [0.29, 0.717) is 30.1 Å². The molecular weight excluding hydrogens is 541 g/mol. The van der Waals surface area contributed by atoms with Crippen molar-refractivity contribution < 1.29 is 37.0 Å². The minimum absolute atomic E-state index is 0.163. The van der Waals surface area contributed by atoms with Gasteiger partial charge in [0.1, 0.15) is 5.60 Å². The van der Waals surface area contributed by atoms with Crippen LogP contribution in [0.2, 0.25) is 0 Å². The first kappa shape index (κ1) is 30.1. The quantitative estimate of drug-likeness (QED) is 0.199. The average molecular weight is 575 g/mol. The average Bonchev–Trinajstić information content (AvgIpc) is 3.40. The first-order valence-electron chi connectivity index (χ1n) is 13.1. The standard InChI is InChI=1S/C29H33F3N4O5/c1-28(2,3)41-25(37)11-13-39-15-16-40-14-12-33-27(38)19-5-10-24-22(17-19)23-18-35(4)34-26(23)36(24)21-8-6-20(7-9-21)29(30,31)32/h5-10,17-18H,11-16H2,1-4H3,(H,33,38). The predicted octanol–water partition coefficient (Wildman–Crippen LogP) is 5.03. The van der Waals surface area contributed by atoms with Gasteiger partial charge in [-0.1, -0.05) is 0 Å². The summed E-state index contributed by atoms with van der Waals surface area (Å²) >= 11 is 0. The van der Waals surface area contributed by atoms with E-state index < -0.39 is 17.3 Å². The Labute approximate surface area is 235 Å². The van der Waals surface area contributed by atoms with E-state index in [9.17, 15) is 22.8 Å². The normalized spacial score (nSPS) is 12.3. The zero-order valence-electron chi connectivity index (χ0n) is 23.4. The lowest BCUT2D eigenvalue weighted by Gasteiger charge is -2.19. The van der Waals surface area contributed by atoms with Crippen LogP contribution in [0.3, 0.4) is 0 Å². The highest BCUT2D eigenvalue weighted by Crippen LogP contribution is 2.34. The maximum absolute atomic E-state index is 13.1. The van der Waals surface area contributed by atoms with Gasteiger partial charge < -0.3 is 19.5 Å². The van der Waals surface area contributed by atoms with Gasteiger partial charge in [-0.3, -0.25) is 18.8 Å². The summed E-state index contributed by atoms with van der Waals surface area (Å²) in [4.78, 5) is 24.5. The van der Waals surface area contributed by atoms with Crippen LogP contribution in [0.5, 0.6) is 0 Å². The molecule has 2 aromatic carbocycles. The van der Waals surface area contributed by atoms with Crippen LogP contribution in [-0.2, 0) is 32.2 Å². The first-order chi connectivity index (χ1) is 19.3. The Morgan fingerprint density at radius 1 is 0.927 bits per heavy atom. The Balaban J connectivity index is 1.32. The van der Waals surface area contributed by atoms with Crippen molar-refractivity contribution in [2.45, 2.75) is 39.0 Å². The number of carbonyl (C=O) groups is 2. The third-order valence-corrected chi connectivity index (χ3v) is 6.04. The topological polar surface area (TPSA) is 96.6 Å². The monoisotopic (exact) mass is 574 g/mol. The molecule has 2 aromatic heterocycles. The maximum Gasteiger partial charge on any atom is 0.416 e. The van der Waals surface area contributed by atoms with E-state index in [1.165, 1.54) is 12.1 Å². The molecule has 1 amide bonds. The number of aryl methyl sites for hydroxylation is 1. The van der Waals surface area contributed by atoms with Crippen molar-refractivity contribution in [3.63, 3.8) is 0 Å². The van der Waals surface area contributed by atoms with E-state index in [2.05, 4.69) is 10.4 Å². The van der Waals surface area contributed by atoms with E-state index >= 15 is 0 Å². The van der Waals surface area contributed by atoms with Crippen molar-refractivity contribution in [1.29, 1.82) is 0 Å². The molecule has 12 heteroatoms. The smallest absolute Gasteiger partial charge is 0.416 e. The Bertz CT molecular complexity index is 1520. The van der Waals surface area contributed by atoms with Gasteiger partial charge in [-0.15, -0.1) is 0 Å². The molecule has 4 aromatic rings. The lowest BCUT2D eigenvalue weighted by molar-refractivity contribution is -0.156. The molecule has 0 fully saturated rings. The molecule has 2 heterocycles. The Kier molecular flexibility index (Phi) is 9.03. The summed E-state index contributed by atoms with van der Waals surface area (Å²) in [5.74, 6) is -0.608. The second-order valence-corrected chi connectivity index (χ2v) is 10.5. The van der Waals surface area contributed by atoms with Crippen molar-refractivity contribution in [2.24, 2.45) is 7.05 Å². The molecule has 0 aliphatic heterocycles. The SMILES string of the molecule is Cn1cc2c3cc(C(=O)NCCOCCOCCC(=O)OC(C)(C)C)ccc3n(-c3ccc(C(F)(F)F)cc3)c2n1. The van der Waals surface area contributed by atoms with E-state index in [0.717, 1.165) is 28.4 Å². The molecule has 0 unspecified atom stereocenters. The van der Waals surface area contributed by atoms with E-state index in [1.54, 1.807) is 55.3 Å². The molecule has 0 radical (unpaired) electrons. The number of fused-ring (bicyclic) bond motifs is 3. The van der Waals surface area contributed by atoms with Crippen molar-refractivity contribution in [3.8, 4) is 5.69 Å². The van der Waals surface area contributed by atoms with Crippen molar-refractivity contribution in [3.05, 3.63) is 59.8 Å². The van der Waals surface area contributed by atoms with Crippen LogP contribution in [0.4, 0.5) is 13.2 Å². The number of rotatable bonds is 11. The maximum atomic E-state index is 13.1. The Morgan fingerprint density at radius 3 is 2.27 bits per heavy atom. The van der Waals surface area contributed by atoms with Gasteiger partial charge in [-0.25, -0.2) is 0 Å². The number of hydrogen-bond acceptors (Lipinski definition) is 6. The number of aromatic nitrogens is 3. The van der Waals surface area contributed by atoms with Crippen LogP contribution in [0, 0.1) is 0 Å². The summed E-state index contributed by atoms with van der Waals surface area (Å²) in [6.07, 6.45) is -2.46. The molecule has 0 aliphatic rings. The number of nitrogens with one attached hydrogen (secondary N) is 1. The van der Waals surface area contributed by atoms with Crippen LogP contribution in [-0.4, -0.2) is 64.8 Å². The Morgan fingerprint density at radius 2 is 1.61 bits per heavy atom. The van der Waals surface area contributed by atoms with Gasteiger partial charge >= 0.3 is 12.1 Å². The third-order valence-electron chi connectivity index (χ3n) is 6.04. The molecular formula is C29H33F3N4O5. The molecule has 220 valence electrons. The van der Waals surface area contributed by atoms with Crippen molar-refractivity contribution in [1.82, 2.24) is 19.7 Å². The summed E-state index contributed by atoms with van der Waals surface area (Å²) in [7, 11) is 1.76. The number of ether oxygens (including phenoxy) is 3. The van der Waals surface area contributed by atoms with Gasteiger partial charge in [0.15, 0.2) is 5.65 Å². The lowest BCUT2D eigenvalue weighted by Crippen LogP contribution is -2.27. The van der Waals surface area contributed by atoms with Crippen LogP contribution in [0.25, 0.3) is 27.6 Å². The molecule has 0 spiro atoms. The lowest BCUT2D eigenvalue weighted by atomic mass is 10.1. The third kappa shape index (κ3) is 7.65. The van der Waals surface area contributed by atoms with E-state index in [-0.39, 0.29) is 38.1 Å². The molecule has 0 saturated carbocycles. The van der Waals surface area contributed by atoms with Gasteiger partial charge in [-0.05, 0) is 63.2 Å². The minimum atomic E-state index is -4.43. The zero-order valence-corrected chi connectivity index (χ0v) is 23.4. The van der Waals surface area contributed by atoms with Gasteiger partial charge in [0.25, 0.3) is 5.91 Å². The van der Waals surface area contributed by atoms with Gasteiger partial charge in [-0.2, -0.15) is 18.3 Å². The van der Waals surface area contributed by atoms with E-state index in [4.69, 9.17) is 14.2 Å². The first-order valence-corrected chi connectivity index (χ1v) is 13.1. The van der Waals surface area contributed by atoms with Crippen LogP contribution < -0.4 is 5.32 Å². The highest BCUT2D eigenvalue weighted by molar-refractivity contribution is 6.10. The largest absolute Gasteiger partial charge is 0.460 e. The zero-order chi connectivity index (χ0) is 29.8. The molecule has 9 nitrogen and oxygen atoms in total. The number of esters is 1. The van der Waals surface area contributed by atoms with Crippen LogP contribution in [0.1, 0.15) is 43.1 Å². The fourth-order valence-corrected chi connectivity index (χ4v) is 4.30. The van der Waals surface area contributed by atoms with Gasteiger partial charge in [0, 0.05) is 41.8 Å². The van der Waals surface area contributed by atoms with Crippen molar-refractivity contribution in [2.75, 3.05) is 33.0 Å². The summed E-state index contributed by atoms with van der Waals surface area (Å²) in [5, 5.41) is 8.83. The highest BCUT2D eigenvalue weighted by atomic mass is 19.4. The number of amides is 1. The van der Waals surface area contributed by atoms with Crippen molar-refractivity contribution >= 4 is 33.8 Å². The summed E-state index contributed by atoms with van der Waals surface area (Å²) in [6.45, 7) is 6.84. The van der Waals surface area contributed by atoms with Gasteiger partial charge in [0.05, 0.1) is 43.9 Å². The van der Waals surface area contributed by atoms with Crippen LogP contribution >= 0.6 is 0 Å². The number of nitrogens with zero attached hydrogens (tertiary/aromatic N) is 3. The van der Waals surface area contributed by atoms with Gasteiger partial charge in [0.2, 0.25) is 0 Å². The molecule has 41 heavy (non-hydrogen) atoms. The predicted molar refractivity (Wildman–Crippen MR) is 147 cm³/mol. The second-order valence-electron chi connectivity index (χ2n) is 10.5. The van der Waals surface area contributed by atoms with Crippen LogP contribution in [0.15, 0.2) is 48.7 Å². The fraction of sp³-hybridized carbons (Fsp3) is 0.414. The molecule has 0 aliphatic carbocycles. The minimum Gasteiger partial charge on any atom is -0.460 e. The number of alkyl halides is 3. The highest BCUT2D eigenvalue weighted by Gasteiger charge is 2.30. The molecule has 0 atom stereocenters. The summed E-state index contributed by atoms with van der Waals surface area (Å²) in [5.41, 5.74) is 0.986. The number of benzene rings is 2. The molecule has 4 rings (SSSR count). The second kappa shape index (κ2) is 12.3.